The average Bonchev–Trinajstić information content (AvgIpc) is 2.97. The van der Waals surface area contributed by atoms with Gasteiger partial charge in [-0.15, -0.1) is 11.3 Å². The van der Waals surface area contributed by atoms with Crippen molar-refractivity contribution in [3.05, 3.63) is 16.1 Å². The van der Waals surface area contributed by atoms with E-state index in [9.17, 15) is 9.59 Å². The number of hydrogen-bond acceptors (Lipinski definition) is 5. The van der Waals surface area contributed by atoms with Gasteiger partial charge in [0.2, 0.25) is 0 Å². The number of carboxylic acids is 1. The summed E-state index contributed by atoms with van der Waals surface area (Å²) >= 11 is 1.50. The average molecular weight is 285 g/mol. The fraction of sp³-hybridized carbons (Fsp3) is 0.545. The van der Waals surface area contributed by atoms with Gasteiger partial charge in [0.25, 0.3) is 0 Å². The van der Waals surface area contributed by atoms with Gasteiger partial charge >= 0.3 is 12.0 Å². The third-order valence-corrected chi connectivity index (χ3v) is 3.70. The summed E-state index contributed by atoms with van der Waals surface area (Å²) < 4.78 is 5.05. The Morgan fingerprint density at radius 3 is 2.95 bits per heavy atom. The Balaban J connectivity index is 1.88. The Labute approximate surface area is 114 Å². The molecule has 8 heteroatoms. The lowest BCUT2D eigenvalue weighted by Crippen LogP contribution is -2.57. The molecule has 1 aliphatic heterocycles. The number of rotatable bonds is 4. The topological polar surface area (TPSA) is 101 Å². The second-order valence-electron chi connectivity index (χ2n) is 4.36. The summed E-state index contributed by atoms with van der Waals surface area (Å²) in [4.78, 5) is 27.1. The van der Waals surface area contributed by atoms with Gasteiger partial charge in [-0.05, 0) is 6.92 Å². The van der Waals surface area contributed by atoms with Crippen molar-refractivity contribution in [1.29, 1.82) is 0 Å². The van der Waals surface area contributed by atoms with Crippen LogP contribution < -0.4 is 10.6 Å². The zero-order valence-corrected chi connectivity index (χ0v) is 11.2. The van der Waals surface area contributed by atoms with E-state index in [1.54, 1.807) is 0 Å². The van der Waals surface area contributed by atoms with Crippen LogP contribution in [0.5, 0.6) is 0 Å². The monoisotopic (exact) mass is 285 g/mol. The van der Waals surface area contributed by atoms with E-state index in [2.05, 4.69) is 15.6 Å². The molecule has 7 nitrogen and oxygen atoms in total. The van der Waals surface area contributed by atoms with E-state index in [4.69, 9.17) is 9.84 Å². The van der Waals surface area contributed by atoms with Gasteiger partial charge in [0.05, 0.1) is 23.9 Å². The first-order valence-corrected chi connectivity index (χ1v) is 6.68. The van der Waals surface area contributed by atoms with Crippen molar-refractivity contribution in [2.24, 2.45) is 0 Å². The molecule has 0 radical (unpaired) electrons. The van der Waals surface area contributed by atoms with Crippen LogP contribution in [0, 0.1) is 6.92 Å². The first-order valence-electron chi connectivity index (χ1n) is 5.80. The van der Waals surface area contributed by atoms with Crippen LogP contribution in [0.1, 0.15) is 17.1 Å². The fourth-order valence-corrected chi connectivity index (χ4v) is 2.42. The molecule has 104 valence electrons. The van der Waals surface area contributed by atoms with E-state index in [0.29, 0.717) is 6.61 Å². The van der Waals surface area contributed by atoms with Crippen molar-refractivity contribution >= 4 is 23.3 Å². The molecule has 1 saturated heterocycles. The Morgan fingerprint density at radius 1 is 1.63 bits per heavy atom. The van der Waals surface area contributed by atoms with E-state index in [-0.39, 0.29) is 19.6 Å². The van der Waals surface area contributed by atoms with Crippen molar-refractivity contribution in [1.82, 2.24) is 15.6 Å². The molecule has 1 aromatic rings. The number of ether oxygens (including phenoxy) is 1. The van der Waals surface area contributed by atoms with E-state index in [0.717, 1.165) is 10.7 Å². The predicted octanol–water partition coefficient (Wildman–Crippen LogP) is 0.494. The highest BCUT2D eigenvalue weighted by atomic mass is 32.1. The molecule has 2 heterocycles. The molecule has 1 aliphatic rings. The first kappa shape index (κ1) is 13.8. The summed E-state index contributed by atoms with van der Waals surface area (Å²) in [5.41, 5.74) is -0.563. The van der Waals surface area contributed by atoms with E-state index < -0.39 is 17.5 Å². The molecular formula is C11H15N3O4S. The van der Waals surface area contributed by atoms with Crippen LogP contribution in [-0.4, -0.2) is 40.8 Å². The van der Waals surface area contributed by atoms with Gasteiger partial charge in [0, 0.05) is 18.4 Å². The van der Waals surface area contributed by atoms with Crippen molar-refractivity contribution in [3.8, 4) is 0 Å². The summed E-state index contributed by atoms with van der Waals surface area (Å²) in [7, 11) is 0. The normalized spacial score (nSPS) is 22.2. The minimum Gasteiger partial charge on any atom is -0.479 e. The van der Waals surface area contributed by atoms with Crippen LogP contribution in [0.3, 0.4) is 0 Å². The van der Waals surface area contributed by atoms with Crippen LogP contribution in [0.4, 0.5) is 4.79 Å². The Kier molecular flexibility index (Phi) is 4.01. The maximum atomic E-state index is 11.7. The lowest BCUT2D eigenvalue weighted by atomic mass is 9.99. The van der Waals surface area contributed by atoms with Gasteiger partial charge in [-0.2, -0.15) is 0 Å². The number of amides is 2. The number of nitrogens with zero attached hydrogens (tertiary/aromatic N) is 1. The van der Waals surface area contributed by atoms with Crippen molar-refractivity contribution in [2.75, 3.05) is 13.2 Å². The van der Waals surface area contributed by atoms with Gasteiger partial charge in [0.1, 0.15) is 0 Å². The lowest BCUT2D eigenvalue weighted by molar-refractivity contribution is -0.144. The minimum absolute atomic E-state index is 0.00837. The maximum Gasteiger partial charge on any atom is 0.332 e. The molecule has 2 amide bonds. The van der Waals surface area contributed by atoms with Crippen molar-refractivity contribution in [2.45, 2.75) is 25.4 Å². The molecule has 1 aromatic heterocycles. The number of hydrogen-bond donors (Lipinski definition) is 3. The third-order valence-electron chi connectivity index (χ3n) is 2.88. The Morgan fingerprint density at radius 2 is 2.42 bits per heavy atom. The largest absolute Gasteiger partial charge is 0.479 e. The molecule has 1 unspecified atom stereocenters. The second kappa shape index (κ2) is 5.54. The quantitative estimate of drug-likeness (QED) is 0.747. The van der Waals surface area contributed by atoms with Crippen LogP contribution in [-0.2, 0) is 16.1 Å². The van der Waals surface area contributed by atoms with Gasteiger partial charge in [-0.25, -0.2) is 14.6 Å². The highest BCUT2D eigenvalue weighted by Crippen LogP contribution is 2.18. The number of carbonyl (C=O) groups excluding carboxylic acids is 1. The number of thiazole rings is 1. The predicted molar refractivity (Wildman–Crippen MR) is 68.0 cm³/mol. The molecule has 2 rings (SSSR count). The minimum atomic E-state index is -1.32. The molecular weight excluding hydrogens is 270 g/mol. The van der Waals surface area contributed by atoms with E-state index in [1.807, 2.05) is 12.3 Å². The van der Waals surface area contributed by atoms with Crippen LogP contribution in [0.15, 0.2) is 5.38 Å². The van der Waals surface area contributed by atoms with Gasteiger partial charge < -0.3 is 20.5 Å². The molecule has 19 heavy (non-hydrogen) atoms. The zero-order chi connectivity index (χ0) is 13.9. The van der Waals surface area contributed by atoms with Gasteiger partial charge in [-0.3, -0.25) is 0 Å². The summed E-state index contributed by atoms with van der Waals surface area (Å²) in [6, 6.07) is -0.529. The molecule has 1 atom stereocenters. The highest BCUT2D eigenvalue weighted by molar-refractivity contribution is 7.09. The molecule has 3 N–H and O–H groups in total. The molecule has 0 bridgehead atoms. The fourth-order valence-electron chi connectivity index (χ4n) is 1.81. The summed E-state index contributed by atoms with van der Waals surface area (Å²) in [6.07, 6.45) is 0.269. The number of nitrogens with one attached hydrogen (secondary N) is 2. The molecule has 1 fully saturated rings. The van der Waals surface area contributed by atoms with Gasteiger partial charge in [0.15, 0.2) is 5.54 Å². The number of aryl methyl sites for hydroxylation is 1. The van der Waals surface area contributed by atoms with E-state index in [1.165, 1.54) is 11.3 Å². The second-order valence-corrected chi connectivity index (χ2v) is 5.42. The maximum absolute atomic E-state index is 11.7. The van der Waals surface area contributed by atoms with Crippen molar-refractivity contribution < 1.29 is 19.4 Å². The number of urea groups is 1. The first-order chi connectivity index (χ1) is 9.02. The van der Waals surface area contributed by atoms with Crippen LogP contribution >= 0.6 is 11.3 Å². The lowest BCUT2D eigenvalue weighted by Gasteiger charge is -2.23. The van der Waals surface area contributed by atoms with E-state index >= 15 is 0 Å². The number of aliphatic carboxylic acids is 1. The standard InChI is InChI=1S/C11H15N3O4S/c1-7-13-8(5-19-7)4-12-10(17)14-11(9(15)16)2-3-18-6-11/h5H,2-4,6H2,1H3,(H,15,16)(H2,12,14,17). The smallest absolute Gasteiger partial charge is 0.332 e. The zero-order valence-electron chi connectivity index (χ0n) is 10.4. The van der Waals surface area contributed by atoms with Crippen LogP contribution in [0.25, 0.3) is 0 Å². The Hall–Kier alpha value is -1.67. The number of carbonyl (C=O) groups is 2. The van der Waals surface area contributed by atoms with Crippen LogP contribution in [0.2, 0.25) is 0 Å². The molecule has 0 saturated carbocycles. The number of carboxylic acid groups (broad SMARTS) is 1. The summed E-state index contributed by atoms with van der Waals surface area (Å²) in [6.45, 7) is 2.47. The summed E-state index contributed by atoms with van der Waals surface area (Å²) in [5, 5.41) is 17.0. The Bertz CT molecular complexity index is 482. The molecule has 0 spiro atoms. The van der Waals surface area contributed by atoms with Gasteiger partial charge in [-0.1, -0.05) is 0 Å². The third kappa shape index (κ3) is 3.21. The SMILES string of the molecule is Cc1nc(CNC(=O)NC2(C(=O)O)CCOC2)cs1. The molecule has 0 aliphatic carbocycles. The molecule has 0 aromatic carbocycles. The number of aromatic nitrogens is 1. The highest BCUT2D eigenvalue weighted by Gasteiger charge is 2.43. The van der Waals surface area contributed by atoms with Crippen molar-refractivity contribution in [3.63, 3.8) is 0 Å². The summed E-state index contributed by atoms with van der Waals surface area (Å²) in [5.74, 6) is -1.08.